The first-order chi connectivity index (χ1) is 31.8. The highest BCUT2D eigenvalue weighted by Crippen LogP contribution is 2.65. The second kappa shape index (κ2) is 13.3. The van der Waals surface area contributed by atoms with Crippen molar-refractivity contribution in [3.8, 4) is 39.3 Å². The van der Waals surface area contributed by atoms with E-state index in [0.717, 1.165) is 45.0 Å². The van der Waals surface area contributed by atoms with Crippen molar-refractivity contribution >= 4 is 60.6 Å². The summed E-state index contributed by atoms with van der Waals surface area (Å²) in [7, 11) is 0. The van der Waals surface area contributed by atoms with Crippen LogP contribution in [-0.2, 0) is 5.41 Å². The van der Waals surface area contributed by atoms with Gasteiger partial charge in [0.1, 0.15) is 11.3 Å². The van der Waals surface area contributed by atoms with Crippen molar-refractivity contribution in [3.63, 3.8) is 0 Å². The van der Waals surface area contributed by atoms with Gasteiger partial charge in [-0.15, -0.1) is 0 Å². The van der Waals surface area contributed by atoms with Crippen LogP contribution in [0.2, 0.25) is 0 Å². The number of para-hydroxylation sites is 4. The van der Waals surface area contributed by atoms with Gasteiger partial charge in [-0.1, -0.05) is 164 Å². The summed E-state index contributed by atoms with van der Waals surface area (Å²) < 4.78 is 9.46. The second-order valence-corrected chi connectivity index (χ2v) is 17.2. The van der Waals surface area contributed by atoms with E-state index in [1.165, 1.54) is 77.1 Å². The first-order valence-electron chi connectivity index (χ1n) is 22.1. The topological polar surface area (TPSA) is 21.3 Å². The molecular weight excluding hydrogens is 777 g/mol. The van der Waals surface area contributed by atoms with Crippen LogP contribution < -0.4 is 4.90 Å². The Bertz CT molecular complexity index is 3800. The number of fused-ring (bicyclic) bond motifs is 16. The minimum absolute atomic E-state index is 0.600. The van der Waals surface area contributed by atoms with Gasteiger partial charge < -0.3 is 13.9 Å². The van der Waals surface area contributed by atoms with Crippen LogP contribution in [-0.4, -0.2) is 4.57 Å². The van der Waals surface area contributed by atoms with E-state index in [-0.39, 0.29) is 0 Å². The zero-order valence-corrected chi connectivity index (χ0v) is 34.7. The van der Waals surface area contributed by atoms with Gasteiger partial charge in [0, 0.05) is 49.7 Å². The van der Waals surface area contributed by atoms with Crippen LogP contribution in [0.3, 0.4) is 0 Å². The Labute approximate surface area is 370 Å². The molecular formula is C61H38N2O. The molecule has 0 fully saturated rings. The van der Waals surface area contributed by atoms with Crippen molar-refractivity contribution in [2.45, 2.75) is 5.41 Å². The molecule has 0 saturated carbocycles. The number of nitrogens with zero attached hydrogens (tertiary/aromatic N) is 2. The first kappa shape index (κ1) is 35.2. The Kier molecular flexibility index (Phi) is 7.32. The Balaban J connectivity index is 0.981. The van der Waals surface area contributed by atoms with Crippen molar-refractivity contribution in [2.24, 2.45) is 0 Å². The SMILES string of the molecule is c1ccc(N(c2ccc3c(c2)-c2oc4ccccc4c2C32c3ccccc3-c3ccc(-c4ccc(-n5c6ccccc6c6ccccc65)cc4)cc32)c2cccc3ccccc23)cc1. The third-order valence-electron chi connectivity index (χ3n) is 14.0. The summed E-state index contributed by atoms with van der Waals surface area (Å²) in [6.07, 6.45) is 0. The third kappa shape index (κ3) is 4.76. The Hall–Kier alpha value is -8.40. The van der Waals surface area contributed by atoms with Gasteiger partial charge in [-0.25, -0.2) is 0 Å². The molecule has 1 unspecified atom stereocenters. The highest BCUT2D eigenvalue weighted by Gasteiger charge is 2.54. The number of hydrogen-bond acceptors (Lipinski definition) is 2. The molecule has 2 aromatic heterocycles. The quantitative estimate of drug-likeness (QED) is 0.173. The number of aromatic nitrogens is 1. The van der Waals surface area contributed by atoms with E-state index in [2.05, 4.69) is 240 Å². The maximum atomic E-state index is 7.07. The molecule has 3 heteroatoms. The summed E-state index contributed by atoms with van der Waals surface area (Å²) in [5.41, 5.74) is 18.2. The van der Waals surface area contributed by atoms with Crippen molar-refractivity contribution in [2.75, 3.05) is 4.90 Å². The monoisotopic (exact) mass is 814 g/mol. The molecule has 0 bridgehead atoms. The molecule has 10 aromatic carbocycles. The van der Waals surface area contributed by atoms with Gasteiger partial charge in [0.15, 0.2) is 0 Å². The lowest BCUT2D eigenvalue weighted by Crippen LogP contribution is -2.26. The number of hydrogen-bond donors (Lipinski definition) is 0. The number of furan rings is 1. The summed E-state index contributed by atoms with van der Waals surface area (Å²) in [6, 6.07) is 84.3. The second-order valence-electron chi connectivity index (χ2n) is 17.2. The molecule has 3 nitrogen and oxygen atoms in total. The van der Waals surface area contributed by atoms with E-state index < -0.39 is 5.41 Å². The van der Waals surface area contributed by atoms with Gasteiger partial charge in [-0.2, -0.15) is 0 Å². The lowest BCUT2D eigenvalue weighted by molar-refractivity contribution is 0.628. The lowest BCUT2D eigenvalue weighted by atomic mass is 9.69. The van der Waals surface area contributed by atoms with E-state index in [9.17, 15) is 0 Å². The van der Waals surface area contributed by atoms with Crippen molar-refractivity contribution in [3.05, 3.63) is 253 Å². The highest BCUT2D eigenvalue weighted by atomic mass is 16.3. The van der Waals surface area contributed by atoms with Crippen LogP contribution in [0.4, 0.5) is 17.1 Å². The maximum absolute atomic E-state index is 7.07. The standard InChI is InChI=1S/C61H38N2O/c1-2-17-42(18-3-1)62(55-27-14-16-40-15-4-5-19-45(40)55)44-34-36-53-51(38-44)60-59(50-23-9-13-28-58(50)64-60)61(53)52-24-10-6-20-46(52)47-35-31-41(37-54(47)61)39-29-32-43(33-30-39)63-56-25-11-7-21-48(56)49-22-8-12-26-57(49)63/h1-38H. The maximum Gasteiger partial charge on any atom is 0.140 e. The minimum Gasteiger partial charge on any atom is -0.456 e. The fourth-order valence-electron chi connectivity index (χ4n) is 11.4. The van der Waals surface area contributed by atoms with E-state index >= 15 is 0 Å². The van der Waals surface area contributed by atoms with Gasteiger partial charge in [0.25, 0.3) is 0 Å². The van der Waals surface area contributed by atoms with Gasteiger partial charge in [0.2, 0.25) is 0 Å². The number of benzene rings is 10. The predicted molar refractivity (Wildman–Crippen MR) is 264 cm³/mol. The van der Waals surface area contributed by atoms with Gasteiger partial charge in [-0.05, 0) is 111 Å². The molecule has 2 heterocycles. The fraction of sp³-hybridized carbons (Fsp3) is 0.0164. The Morgan fingerprint density at radius 3 is 1.83 bits per heavy atom. The van der Waals surface area contributed by atoms with Crippen LogP contribution in [0.1, 0.15) is 22.3 Å². The van der Waals surface area contributed by atoms with Crippen molar-refractivity contribution in [1.29, 1.82) is 0 Å². The van der Waals surface area contributed by atoms with Crippen molar-refractivity contribution < 1.29 is 4.42 Å². The normalized spacial score (nSPS) is 14.6. The van der Waals surface area contributed by atoms with Crippen molar-refractivity contribution in [1.82, 2.24) is 4.57 Å². The van der Waals surface area contributed by atoms with Gasteiger partial charge in [0.05, 0.1) is 22.1 Å². The van der Waals surface area contributed by atoms with Gasteiger partial charge in [-0.3, -0.25) is 0 Å². The molecule has 12 aromatic rings. The number of anilines is 3. The summed E-state index contributed by atoms with van der Waals surface area (Å²) in [4.78, 5) is 2.40. The van der Waals surface area contributed by atoms with Crippen LogP contribution in [0.25, 0.3) is 82.8 Å². The van der Waals surface area contributed by atoms with E-state index in [0.29, 0.717) is 0 Å². The number of rotatable bonds is 5. The largest absolute Gasteiger partial charge is 0.456 e. The molecule has 0 amide bonds. The molecule has 0 saturated heterocycles. The average molecular weight is 815 g/mol. The summed E-state index contributed by atoms with van der Waals surface area (Å²) in [6.45, 7) is 0. The third-order valence-corrected chi connectivity index (χ3v) is 14.0. The predicted octanol–water partition coefficient (Wildman–Crippen LogP) is 16.2. The van der Waals surface area contributed by atoms with Gasteiger partial charge >= 0.3 is 0 Å². The summed E-state index contributed by atoms with van der Waals surface area (Å²) in [5.74, 6) is 0.938. The van der Waals surface area contributed by atoms with Crippen LogP contribution in [0.5, 0.6) is 0 Å². The molecule has 14 rings (SSSR count). The average Bonchev–Trinajstić information content (AvgIpc) is 4.08. The molecule has 2 aliphatic carbocycles. The molecule has 1 spiro atoms. The molecule has 2 aliphatic rings. The molecule has 298 valence electrons. The first-order valence-corrected chi connectivity index (χ1v) is 22.1. The molecule has 0 aliphatic heterocycles. The van der Waals surface area contributed by atoms with Crippen LogP contribution >= 0.6 is 0 Å². The fourth-order valence-corrected chi connectivity index (χ4v) is 11.4. The molecule has 1 atom stereocenters. The molecule has 64 heavy (non-hydrogen) atoms. The zero-order chi connectivity index (χ0) is 41.9. The Morgan fingerprint density at radius 2 is 1.02 bits per heavy atom. The molecule has 0 N–H and O–H groups in total. The summed E-state index contributed by atoms with van der Waals surface area (Å²) in [5, 5.41) is 6.08. The minimum atomic E-state index is -0.600. The zero-order valence-electron chi connectivity index (χ0n) is 34.7. The lowest BCUT2D eigenvalue weighted by Gasteiger charge is -2.31. The summed E-state index contributed by atoms with van der Waals surface area (Å²) >= 11 is 0. The van der Waals surface area contributed by atoms with Crippen LogP contribution in [0.15, 0.2) is 235 Å². The molecule has 0 radical (unpaired) electrons. The smallest absolute Gasteiger partial charge is 0.140 e. The van der Waals surface area contributed by atoms with Crippen LogP contribution in [0, 0.1) is 0 Å². The Morgan fingerprint density at radius 1 is 0.391 bits per heavy atom. The van der Waals surface area contributed by atoms with E-state index in [1.807, 2.05) is 0 Å². The highest BCUT2D eigenvalue weighted by molar-refractivity contribution is 6.09. The van der Waals surface area contributed by atoms with E-state index in [4.69, 9.17) is 4.42 Å². The van der Waals surface area contributed by atoms with E-state index in [1.54, 1.807) is 0 Å².